The van der Waals surface area contributed by atoms with Crippen LogP contribution in [0.25, 0.3) is 0 Å². The molecular formula is C15H17N3. The third kappa shape index (κ3) is 2.08. The number of H-pyrrole nitrogens is 1. The van der Waals surface area contributed by atoms with Crippen LogP contribution < -0.4 is 0 Å². The van der Waals surface area contributed by atoms with Gasteiger partial charge in [0.2, 0.25) is 0 Å². The second-order valence-electron chi connectivity index (χ2n) is 5.01. The molecule has 2 aromatic rings. The Kier molecular flexibility index (Phi) is 2.97. The van der Waals surface area contributed by atoms with E-state index in [1.54, 1.807) is 0 Å². The maximum Gasteiger partial charge on any atom is 0.0892 e. The number of nitrogens with one attached hydrogen (secondary N) is 1. The average molecular weight is 239 g/mol. The number of nitrogens with zero attached hydrogens (tertiary/aromatic N) is 2. The molecule has 1 unspecified atom stereocenters. The molecule has 0 saturated carbocycles. The lowest BCUT2D eigenvalue weighted by Crippen LogP contribution is -2.30. The summed E-state index contributed by atoms with van der Waals surface area (Å²) in [6.07, 6.45) is 10.8. The Balaban J connectivity index is 1.94. The van der Waals surface area contributed by atoms with Crippen molar-refractivity contribution in [3.63, 3.8) is 0 Å². The van der Waals surface area contributed by atoms with Gasteiger partial charge in [0, 0.05) is 5.41 Å². The Morgan fingerprint density at radius 2 is 2.06 bits per heavy atom. The minimum absolute atomic E-state index is 0.114. The molecule has 0 bridgehead atoms. The van der Waals surface area contributed by atoms with Gasteiger partial charge in [-0.25, -0.2) is 0 Å². The number of benzene rings is 1. The van der Waals surface area contributed by atoms with Gasteiger partial charge in [-0.2, -0.15) is 15.4 Å². The van der Waals surface area contributed by atoms with Crippen LogP contribution in [0.1, 0.15) is 30.5 Å². The standard InChI is InChI=1S/C15H17N3/c1-3-7-13(8-4-1)11-15(9-5-2-6-10-15)14-12-16-18-17-14/h1-5,7-8,12H,6,9-11H2,(H,16,17,18). The van der Waals surface area contributed by atoms with Crippen LogP contribution in [0.3, 0.4) is 0 Å². The molecule has 1 N–H and O–H groups in total. The normalized spacial score (nSPS) is 23.1. The van der Waals surface area contributed by atoms with Crippen LogP contribution in [0.5, 0.6) is 0 Å². The van der Waals surface area contributed by atoms with E-state index in [0.29, 0.717) is 0 Å². The van der Waals surface area contributed by atoms with Crippen molar-refractivity contribution in [2.45, 2.75) is 31.1 Å². The molecule has 0 radical (unpaired) electrons. The van der Waals surface area contributed by atoms with Crippen molar-refractivity contribution in [2.24, 2.45) is 0 Å². The number of aromatic nitrogens is 3. The molecule has 1 atom stereocenters. The number of allylic oxidation sites excluding steroid dienone is 2. The van der Waals surface area contributed by atoms with Crippen molar-refractivity contribution in [3.8, 4) is 0 Å². The van der Waals surface area contributed by atoms with E-state index in [1.165, 1.54) is 5.56 Å². The summed E-state index contributed by atoms with van der Waals surface area (Å²) >= 11 is 0. The zero-order valence-corrected chi connectivity index (χ0v) is 10.3. The van der Waals surface area contributed by atoms with Crippen molar-refractivity contribution in [1.29, 1.82) is 0 Å². The lowest BCUT2D eigenvalue weighted by molar-refractivity contribution is 0.373. The van der Waals surface area contributed by atoms with E-state index >= 15 is 0 Å². The smallest absolute Gasteiger partial charge is 0.0892 e. The van der Waals surface area contributed by atoms with E-state index in [2.05, 4.69) is 57.9 Å². The van der Waals surface area contributed by atoms with Gasteiger partial charge < -0.3 is 0 Å². The summed E-state index contributed by atoms with van der Waals surface area (Å²) in [4.78, 5) is 0. The average Bonchev–Trinajstić information content (AvgIpc) is 2.95. The highest BCUT2D eigenvalue weighted by atomic mass is 15.3. The molecule has 18 heavy (non-hydrogen) atoms. The maximum absolute atomic E-state index is 4.34. The number of hydrogen-bond acceptors (Lipinski definition) is 2. The predicted molar refractivity (Wildman–Crippen MR) is 71.2 cm³/mol. The van der Waals surface area contributed by atoms with Gasteiger partial charge in [-0.1, -0.05) is 42.5 Å². The monoisotopic (exact) mass is 239 g/mol. The number of hydrogen-bond donors (Lipinski definition) is 1. The Bertz CT molecular complexity index is 516. The van der Waals surface area contributed by atoms with Crippen molar-refractivity contribution >= 4 is 0 Å². The van der Waals surface area contributed by atoms with Crippen LogP contribution in [0, 0.1) is 0 Å². The fourth-order valence-electron chi connectivity index (χ4n) is 2.82. The number of aromatic amines is 1. The van der Waals surface area contributed by atoms with Crippen LogP contribution in [0.2, 0.25) is 0 Å². The van der Waals surface area contributed by atoms with Gasteiger partial charge in [0.1, 0.15) is 0 Å². The van der Waals surface area contributed by atoms with Crippen LogP contribution in [0.4, 0.5) is 0 Å². The highest BCUT2D eigenvalue weighted by Gasteiger charge is 2.34. The molecule has 1 aromatic heterocycles. The number of rotatable bonds is 3. The van der Waals surface area contributed by atoms with Crippen molar-refractivity contribution in [2.75, 3.05) is 0 Å². The fourth-order valence-corrected chi connectivity index (χ4v) is 2.82. The largest absolute Gasteiger partial charge is 0.198 e. The first-order valence-electron chi connectivity index (χ1n) is 6.44. The van der Waals surface area contributed by atoms with Gasteiger partial charge in [-0.15, -0.1) is 0 Å². The molecule has 0 saturated heterocycles. The van der Waals surface area contributed by atoms with Crippen molar-refractivity contribution < 1.29 is 0 Å². The second-order valence-corrected chi connectivity index (χ2v) is 5.01. The van der Waals surface area contributed by atoms with Crippen LogP contribution >= 0.6 is 0 Å². The SMILES string of the molecule is C1=CCC(Cc2ccccc2)(c2cn[nH]n2)CC1. The molecule has 3 heteroatoms. The van der Waals surface area contributed by atoms with Gasteiger partial charge in [0.15, 0.2) is 0 Å². The molecule has 1 aromatic carbocycles. The Morgan fingerprint density at radius 1 is 1.17 bits per heavy atom. The zero-order chi connectivity index (χ0) is 12.3. The second kappa shape index (κ2) is 4.77. The molecule has 1 heterocycles. The van der Waals surface area contributed by atoms with Crippen LogP contribution in [-0.4, -0.2) is 15.4 Å². The Morgan fingerprint density at radius 3 is 2.72 bits per heavy atom. The molecule has 0 aliphatic heterocycles. The van der Waals surface area contributed by atoms with E-state index < -0.39 is 0 Å². The van der Waals surface area contributed by atoms with E-state index in [-0.39, 0.29) is 5.41 Å². The minimum atomic E-state index is 0.114. The highest BCUT2D eigenvalue weighted by molar-refractivity contribution is 5.25. The topological polar surface area (TPSA) is 41.6 Å². The molecule has 3 nitrogen and oxygen atoms in total. The third-order valence-corrected chi connectivity index (χ3v) is 3.81. The first kappa shape index (κ1) is 11.2. The van der Waals surface area contributed by atoms with Crippen molar-refractivity contribution in [1.82, 2.24) is 15.4 Å². The third-order valence-electron chi connectivity index (χ3n) is 3.81. The summed E-state index contributed by atoms with van der Waals surface area (Å²) in [7, 11) is 0. The molecule has 1 aliphatic rings. The van der Waals surface area contributed by atoms with Gasteiger partial charge in [0.25, 0.3) is 0 Å². The molecule has 92 valence electrons. The van der Waals surface area contributed by atoms with Gasteiger partial charge in [-0.3, -0.25) is 0 Å². The van der Waals surface area contributed by atoms with Crippen molar-refractivity contribution in [3.05, 3.63) is 59.9 Å². The first-order chi connectivity index (χ1) is 8.89. The van der Waals surface area contributed by atoms with Gasteiger partial charge in [-0.05, 0) is 31.2 Å². The van der Waals surface area contributed by atoms with E-state index in [1.807, 2.05) is 6.20 Å². The molecule has 1 aliphatic carbocycles. The summed E-state index contributed by atoms with van der Waals surface area (Å²) in [5, 5.41) is 11.1. The van der Waals surface area contributed by atoms with Gasteiger partial charge >= 0.3 is 0 Å². The molecule has 3 rings (SSSR count). The van der Waals surface area contributed by atoms with Crippen LogP contribution in [-0.2, 0) is 11.8 Å². The molecule has 0 amide bonds. The molecule has 0 fully saturated rings. The maximum atomic E-state index is 4.34. The van der Waals surface area contributed by atoms with E-state index in [4.69, 9.17) is 0 Å². The van der Waals surface area contributed by atoms with Gasteiger partial charge in [0.05, 0.1) is 11.9 Å². The summed E-state index contributed by atoms with van der Waals surface area (Å²) in [5.41, 5.74) is 2.58. The minimum Gasteiger partial charge on any atom is -0.198 e. The first-order valence-corrected chi connectivity index (χ1v) is 6.44. The summed E-state index contributed by atoms with van der Waals surface area (Å²) in [5.74, 6) is 0. The Labute approximate surface area is 107 Å². The molecule has 0 spiro atoms. The predicted octanol–water partition coefficient (Wildman–Crippen LogP) is 3.03. The Hall–Kier alpha value is -1.90. The van der Waals surface area contributed by atoms with Crippen LogP contribution in [0.15, 0.2) is 48.7 Å². The van der Waals surface area contributed by atoms with E-state index in [0.717, 1.165) is 31.4 Å². The highest BCUT2D eigenvalue weighted by Crippen LogP contribution is 2.38. The lowest BCUT2D eigenvalue weighted by Gasteiger charge is -2.33. The summed E-state index contributed by atoms with van der Waals surface area (Å²) < 4.78 is 0. The lowest BCUT2D eigenvalue weighted by atomic mass is 9.71. The summed E-state index contributed by atoms with van der Waals surface area (Å²) in [6, 6.07) is 10.7. The zero-order valence-electron chi connectivity index (χ0n) is 10.3. The molecular weight excluding hydrogens is 222 g/mol. The summed E-state index contributed by atoms with van der Waals surface area (Å²) in [6.45, 7) is 0. The quantitative estimate of drug-likeness (QED) is 0.836. The fraction of sp³-hybridized carbons (Fsp3) is 0.333. The van der Waals surface area contributed by atoms with E-state index in [9.17, 15) is 0 Å².